The van der Waals surface area contributed by atoms with E-state index in [-0.39, 0.29) is 27.9 Å². The second-order valence-electron chi connectivity index (χ2n) is 7.09. The fourth-order valence-electron chi connectivity index (χ4n) is 2.90. The molecule has 2 aromatic rings. The zero-order valence-corrected chi connectivity index (χ0v) is 16.8. The summed E-state index contributed by atoms with van der Waals surface area (Å²) in [5.41, 5.74) is 1.10. The van der Waals surface area contributed by atoms with Gasteiger partial charge in [-0.05, 0) is 68.9 Å². The topological polar surface area (TPSA) is 66.5 Å². The molecule has 0 aliphatic rings. The molecule has 0 aliphatic heterocycles. The molecule has 1 unspecified atom stereocenters. The average molecular weight is 392 g/mol. The van der Waals surface area contributed by atoms with Crippen LogP contribution >= 0.6 is 0 Å². The van der Waals surface area contributed by atoms with Gasteiger partial charge in [-0.3, -0.25) is 4.79 Å². The van der Waals surface area contributed by atoms with Gasteiger partial charge in [0.1, 0.15) is 5.82 Å². The van der Waals surface area contributed by atoms with Gasteiger partial charge in [0, 0.05) is 17.8 Å². The van der Waals surface area contributed by atoms with Crippen LogP contribution in [0.25, 0.3) is 0 Å². The number of aryl methyl sites for hydroxylation is 1. The number of nitrogens with zero attached hydrogens (tertiary/aromatic N) is 1. The van der Waals surface area contributed by atoms with Gasteiger partial charge >= 0.3 is 0 Å². The molecule has 146 valence electrons. The summed E-state index contributed by atoms with van der Waals surface area (Å²) < 4.78 is 38.6. The van der Waals surface area contributed by atoms with Crippen LogP contribution in [0.3, 0.4) is 0 Å². The lowest BCUT2D eigenvalue weighted by atomic mass is 10.2. The maximum absolute atomic E-state index is 13.3. The van der Waals surface area contributed by atoms with Gasteiger partial charge in [-0.15, -0.1) is 0 Å². The first-order valence-electron chi connectivity index (χ1n) is 8.63. The van der Waals surface area contributed by atoms with Crippen molar-refractivity contribution >= 4 is 21.4 Å². The van der Waals surface area contributed by atoms with Crippen molar-refractivity contribution in [2.75, 3.05) is 31.7 Å². The number of amides is 1. The highest BCUT2D eigenvalue weighted by molar-refractivity contribution is 7.91. The fourth-order valence-corrected chi connectivity index (χ4v) is 4.54. The number of hydrogen-bond donors (Lipinski definition) is 1. The average Bonchev–Trinajstić information content (AvgIpc) is 2.57. The molecule has 1 atom stereocenters. The van der Waals surface area contributed by atoms with Gasteiger partial charge in [-0.25, -0.2) is 12.8 Å². The molecule has 1 amide bonds. The van der Waals surface area contributed by atoms with Crippen molar-refractivity contribution in [2.24, 2.45) is 5.92 Å². The molecular weight excluding hydrogens is 367 g/mol. The Morgan fingerprint density at radius 2 is 1.89 bits per heavy atom. The molecule has 0 saturated heterocycles. The van der Waals surface area contributed by atoms with E-state index in [1.54, 1.807) is 19.1 Å². The van der Waals surface area contributed by atoms with Crippen molar-refractivity contribution < 1.29 is 17.6 Å². The Labute approximate surface area is 160 Å². The number of benzene rings is 2. The van der Waals surface area contributed by atoms with E-state index in [4.69, 9.17) is 0 Å². The fraction of sp³-hybridized carbons (Fsp3) is 0.350. The lowest BCUT2D eigenvalue weighted by molar-refractivity contribution is 0.102. The Hall–Kier alpha value is -2.25. The Kier molecular flexibility index (Phi) is 6.73. The first-order chi connectivity index (χ1) is 12.6. The van der Waals surface area contributed by atoms with Crippen LogP contribution in [0.4, 0.5) is 10.1 Å². The summed E-state index contributed by atoms with van der Waals surface area (Å²) in [6.07, 6.45) is 0. The molecule has 0 aromatic heterocycles. The maximum atomic E-state index is 13.3. The number of carbonyl (C=O) groups excluding carboxylic acids is 1. The quantitative estimate of drug-likeness (QED) is 0.785. The summed E-state index contributed by atoms with van der Waals surface area (Å²) in [6.45, 7) is 4.14. The zero-order valence-electron chi connectivity index (χ0n) is 16.0. The van der Waals surface area contributed by atoms with Crippen molar-refractivity contribution in [3.8, 4) is 0 Å². The number of rotatable bonds is 7. The Morgan fingerprint density at radius 1 is 1.19 bits per heavy atom. The van der Waals surface area contributed by atoms with Gasteiger partial charge in [0.05, 0.1) is 10.6 Å². The molecule has 2 rings (SSSR count). The van der Waals surface area contributed by atoms with Crippen LogP contribution in [0.2, 0.25) is 0 Å². The molecule has 0 radical (unpaired) electrons. The number of halogens is 1. The van der Waals surface area contributed by atoms with Crippen molar-refractivity contribution in [3.63, 3.8) is 0 Å². The van der Waals surface area contributed by atoms with Crippen molar-refractivity contribution in [1.29, 1.82) is 0 Å². The first kappa shape index (κ1) is 21.1. The van der Waals surface area contributed by atoms with Gasteiger partial charge in [0.2, 0.25) is 0 Å². The highest BCUT2D eigenvalue weighted by Crippen LogP contribution is 2.19. The Balaban J connectivity index is 2.18. The highest BCUT2D eigenvalue weighted by Gasteiger charge is 2.20. The zero-order chi connectivity index (χ0) is 20.2. The van der Waals surface area contributed by atoms with Crippen LogP contribution in [-0.2, 0) is 9.84 Å². The van der Waals surface area contributed by atoms with Gasteiger partial charge < -0.3 is 10.2 Å². The van der Waals surface area contributed by atoms with Crippen LogP contribution in [-0.4, -0.2) is 45.6 Å². The molecule has 0 aliphatic carbocycles. The van der Waals surface area contributed by atoms with Gasteiger partial charge in [0.15, 0.2) is 9.84 Å². The lowest BCUT2D eigenvalue weighted by Crippen LogP contribution is -2.25. The molecular formula is C20H25FN2O3S. The standard InChI is InChI=1S/C20H25FN2O3S/c1-14(12-23(3)4)13-27(25,26)18-7-5-6-16(11-18)20(24)22-17-8-9-19(21)15(2)10-17/h5-11,14H,12-13H2,1-4H3,(H,22,24). The van der Waals surface area contributed by atoms with E-state index >= 15 is 0 Å². The molecule has 27 heavy (non-hydrogen) atoms. The minimum absolute atomic E-state index is 0.00735. The van der Waals surface area contributed by atoms with E-state index in [0.717, 1.165) is 0 Å². The largest absolute Gasteiger partial charge is 0.322 e. The molecule has 1 N–H and O–H groups in total. The van der Waals surface area contributed by atoms with Crippen molar-refractivity contribution in [1.82, 2.24) is 4.90 Å². The summed E-state index contributed by atoms with van der Waals surface area (Å²) >= 11 is 0. The molecule has 0 heterocycles. The normalized spacial score (nSPS) is 12.8. The van der Waals surface area contributed by atoms with E-state index in [1.165, 1.54) is 30.3 Å². The maximum Gasteiger partial charge on any atom is 0.255 e. The number of sulfone groups is 1. The summed E-state index contributed by atoms with van der Waals surface area (Å²) in [6, 6.07) is 10.2. The third-order valence-corrected chi connectivity index (χ3v) is 6.03. The van der Waals surface area contributed by atoms with Gasteiger partial charge in [-0.2, -0.15) is 0 Å². The Bertz CT molecular complexity index is 927. The predicted molar refractivity (Wildman–Crippen MR) is 105 cm³/mol. The number of carbonyl (C=O) groups is 1. The highest BCUT2D eigenvalue weighted by atomic mass is 32.2. The minimum atomic E-state index is -3.50. The molecule has 7 heteroatoms. The Morgan fingerprint density at radius 3 is 2.52 bits per heavy atom. The van der Waals surface area contributed by atoms with Gasteiger partial charge in [0.25, 0.3) is 5.91 Å². The van der Waals surface area contributed by atoms with Crippen LogP contribution in [0.15, 0.2) is 47.4 Å². The second-order valence-corrected chi connectivity index (χ2v) is 9.13. The number of nitrogens with one attached hydrogen (secondary N) is 1. The van der Waals surface area contributed by atoms with E-state index in [0.29, 0.717) is 17.8 Å². The smallest absolute Gasteiger partial charge is 0.255 e. The summed E-state index contributed by atoms with van der Waals surface area (Å²) in [5, 5.41) is 2.66. The molecule has 0 fully saturated rings. The third kappa shape index (κ3) is 5.87. The van der Waals surface area contributed by atoms with Crippen molar-refractivity contribution in [2.45, 2.75) is 18.7 Å². The first-order valence-corrected chi connectivity index (χ1v) is 10.3. The van der Waals surface area contributed by atoms with Crippen LogP contribution in [0.1, 0.15) is 22.8 Å². The van der Waals surface area contributed by atoms with Crippen LogP contribution in [0, 0.1) is 18.7 Å². The van der Waals surface area contributed by atoms with Crippen LogP contribution in [0.5, 0.6) is 0 Å². The summed E-state index contributed by atoms with van der Waals surface area (Å²) in [5.74, 6) is -0.829. The van der Waals surface area contributed by atoms with Crippen molar-refractivity contribution in [3.05, 3.63) is 59.4 Å². The van der Waals surface area contributed by atoms with E-state index in [2.05, 4.69) is 5.32 Å². The molecule has 0 saturated carbocycles. The monoisotopic (exact) mass is 392 g/mol. The molecule has 0 spiro atoms. The SMILES string of the molecule is Cc1cc(NC(=O)c2cccc(S(=O)(=O)CC(C)CN(C)C)c2)ccc1F. The predicted octanol–water partition coefficient (Wildman–Crippen LogP) is 3.36. The van der Waals surface area contributed by atoms with E-state index in [9.17, 15) is 17.6 Å². The minimum Gasteiger partial charge on any atom is -0.322 e. The number of anilines is 1. The third-order valence-electron chi connectivity index (χ3n) is 4.05. The van der Waals surface area contributed by atoms with Gasteiger partial charge in [-0.1, -0.05) is 13.0 Å². The molecule has 2 aromatic carbocycles. The molecule has 0 bridgehead atoms. The van der Waals surface area contributed by atoms with E-state index < -0.39 is 15.7 Å². The van der Waals surface area contributed by atoms with Crippen LogP contribution < -0.4 is 5.32 Å². The summed E-state index contributed by atoms with van der Waals surface area (Å²) in [4.78, 5) is 14.5. The summed E-state index contributed by atoms with van der Waals surface area (Å²) in [7, 11) is 0.286. The molecule has 5 nitrogen and oxygen atoms in total. The lowest BCUT2D eigenvalue weighted by Gasteiger charge is -2.17. The second kappa shape index (κ2) is 8.63. The van der Waals surface area contributed by atoms with E-state index in [1.807, 2.05) is 25.9 Å². The number of hydrogen-bond acceptors (Lipinski definition) is 4.